The van der Waals surface area contributed by atoms with Crippen LogP contribution in [0.5, 0.6) is 11.5 Å². The lowest BCUT2D eigenvalue weighted by Crippen LogP contribution is -2.42. The molecule has 0 aliphatic carbocycles. The summed E-state index contributed by atoms with van der Waals surface area (Å²) in [5, 5.41) is 9.81. The molecule has 0 saturated heterocycles. The zero-order chi connectivity index (χ0) is 32.4. The minimum atomic E-state index is -1.43. The number of carboxylic acids is 1. The third kappa shape index (κ3) is 14.0. The summed E-state index contributed by atoms with van der Waals surface area (Å²) in [5.74, 6) is -3.19. The second kappa shape index (κ2) is 20.4. The summed E-state index contributed by atoms with van der Waals surface area (Å²) < 4.78 is 31.7. The van der Waals surface area contributed by atoms with Crippen molar-refractivity contribution in [1.82, 2.24) is 0 Å². The Bertz CT molecular complexity index is 1020. The van der Waals surface area contributed by atoms with Crippen LogP contribution in [0, 0.1) is 5.92 Å². The molecule has 3 N–H and O–H groups in total. The van der Waals surface area contributed by atoms with Crippen LogP contribution in [0.2, 0.25) is 0 Å². The Morgan fingerprint density at radius 1 is 0.767 bits per heavy atom. The van der Waals surface area contributed by atoms with E-state index in [0.717, 1.165) is 32.1 Å². The van der Waals surface area contributed by atoms with Crippen molar-refractivity contribution in [3.05, 3.63) is 23.8 Å². The molecule has 0 spiro atoms. The van der Waals surface area contributed by atoms with Crippen molar-refractivity contribution in [2.75, 3.05) is 13.2 Å². The van der Waals surface area contributed by atoms with Gasteiger partial charge in [-0.15, -0.1) is 0 Å². The van der Waals surface area contributed by atoms with Crippen molar-refractivity contribution in [2.45, 2.75) is 117 Å². The normalized spacial score (nSPS) is 14.4. The fraction of sp³-hybridized carbons (Fsp3) is 0.677. The molecule has 43 heavy (non-hydrogen) atoms. The Morgan fingerprint density at radius 2 is 1.33 bits per heavy atom. The summed E-state index contributed by atoms with van der Waals surface area (Å²) in [5.41, 5.74) is 6.45. The van der Waals surface area contributed by atoms with E-state index >= 15 is 0 Å². The van der Waals surface area contributed by atoms with Gasteiger partial charge in [0.05, 0.1) is 13.2 Å². The standard InChI is InChI=1S/C31H49NO11/c1-7-10-12-17-38-29(35)42-24-16-15-23(19-25(24)43-30(36)39-18-13-11-8-2)26(27(32)28(33)34)21(5)22(6)41-31(37)40-20(4)14-9-3/h15-16,19-22,26-27H,7-14,17-18,32H2,1-6H3,(H,33,34)/t20?,21?,22?,26?,27-/m0/s1. The summed E-state index contributed by atoms with van der Waals surface area (Å²) >= 11 is 0. The Hall–Kier alpha value is -3.54. The van der Waals surface area contributed by atoms with E-state index in [1.54, 1.807) is 20.8 Å². The lowest BCUT2D eigenvalue weighted by molar-refractivity contribution is -0.139. The number of aliphatic carboxylic acids is 1. The van der Waals surface area contributed by atoms with Crippen molar-refractivity contribution in [3.8, 4) is 11.5 Å². The van der Waals surface area contributed by atoms with E-state index in [1.165, 1.54) is 18.2 Å². The van der Waals surface area contributed by atoms with Crippen LogP contribution >= 0.6 is 0 Å². The summed E-state index contributed by atoms with van der Waals surface area (Å²) in [7, 11) is 0. The maximum absolute atomic E-state index is 12.5. The molecule has 1 aromatic rings. The van der Waals surface area contributed by atoms with E-state index in [1.807, 2.05) is 20.8 Å². The van der Waals surface area contributed by atoms with Crippen LogP contribution in [0.4, 0.5) is 14.4 Å². The van der Waals surface area contributed by atoms with Gasteiger partial charge in [-0.1, -0.05) is 65.9 Å². The van der Waals surface area contributed by atoms with E-state index in [2.05, 4.69) is 0 Å². The van der Waals surface area contributed by atoms with E-state index < -0.39 is 48.4 Å². The molecular formula is C31H49NO11. The quantitative estimate of drug-likeness (QED) is 0.0714. The van der Waals surface area contributed by atoms with Gasteiger partial charge in [-0.05, 0) is 50.8 Å². The predicted molar refractivity (Wildman–Crippen MR) is 158 cm³/mol. The van der Waals surface area contributed by atoms with Crippen molar-refractivity contribution in [3.63, 3.8) is 0 Å². The number of nitrogens with two attached hydrogens (primary N) is 1. The second-order valence-corrected chi connectivity index (χ2v) is 10.6. The van der Waals surface area contributed by atoms with Crippen molar-refractivity contribution in [1.29, 1.82) is 0 Å². The first kappa shape index (κ1) is 37.5. The molecule has 0 fully saturated rings. The minimum absolute atomic E-state index is 0.132. The third-order valence-corrected chi connectivity index (χ3v) is 6.93. The van der Waals surface area contributed by atoms with Crippen LogP contribution in [0.25, 0.3) is 0 Å². The molecule has 12 nitrogen and oxygen atoms in total. The maximum atomic E-state index is 12.5. The first-order valence-corrected chi connectivity index (χ1v) is 15.1. The number of hydrogen-bond acceptors (Lipinski definition) is 11. The fourth-order valence-corrected chi connectivity index (χ4v) is 4.35. The van der Waals surface area contributed by atoms with Gasteiger partial charge in [0.15, 0.2) is 11.5 Å². The summed E-state index contributed by atoms with van der Waals surface area (Å²) in [6, 6.07) is 2.77. The highest BCUT2D eigenvalue weighted by molar-refractivity contribution is 5.75. The SMILES string of the molecule is CCCCCOC(=O)Oc1ccc(C(C(C)C(C)OC(=O)OC(C)CCC)[C@H](N)C(=O)O)cc1OC(=O)OCCCCC. The van der Waals surface area contributed by atoms with Gasteiger partial charge in [-0.2, -0.15) is 0 Å². The summed E-state index contributed by atoms with van der Waals surface area (Å²) in [6.07, 6.45) is 2.36. The van der Waals surface area contributed by atoms with Crippen LogP contribution in [0.3, 0.4) is 0 Å². The van der Waals surface area contributed by atoms with Crippen molar-refractivity contribution < 1.29 is 52.7 Å². The van der Waals surface area contributed by atoms with E-state index in [9.17, 15) is 24.3 Å². The molecule has 5 atom stereocenters. The van der Waals surface area contributed by atoms with E-state index in [4.69, 9.17) is 34.2 Å². The molecule has 1 aromatic carbocycles. The molecule has 0 aromatic heterocycles. The predicted octanol–water partition coefficient (Wildman–Crippen LogP) is 6.96. The number of benzene rings is 1. The van der Waals surface area contributed by atoms with Crippen LogP contribution in [0.1, 0.15) is 104 Å². The Kier molecular flexibility index (Phi) is 17.8. The lowest BCUT2D eigenvalue weighted by atomic mass is 9.79. The summed E-state index contributed by atoms with van der Waals surface area (Å²) in [4.78, 5) is 49.2. The molecular weight excluding hydrogens is 562 g/mol. The van der Waals surface area contributed by atoms with Crippen LogP contribution < -0.4 is 15.2 Å². The van der Waals surface area contributed by atoms with Crippen molar-refractivity contribution >= 4 is 24.4 Å². The zero-order valence-electron chi connectivity index (χ0n) is 26.3. The van der Waals surface area contributed by atoms with E-state index in [-0.39, 0.29) is 30.8 Å². The van der Waals surface area contributed by atoms with Gasteiger partial charge < -0.3 is 39.3 Å². The minimum Gasteiger partial charge on any atom is -0.480 e. The molecule has 0 heterocycles. The smallest absolute Gasteiger partial charge is 0.480 e. The monoisotopic (exact) mass is 611 g/mol. The highest BCUT2D eigenvalue weighted by Gasteiger charge is 2.36. The number of carboxylic acid groups (broad SMARTS) is 1. The first-order chi connectivity index (χ1) is 20.4. The number of carbonyl (C=O) groups excluding carboxylic acids is 3. The number of rotatable bonds is 19. The maximum Gasteiger partial charge on any atom is 0.513 e. The van der Waals surface area contributed by atoms with Crippen molar-refractivity contribution in [2.24, 2.45) is 11.7 Å². The summed E-state index contributed by atoms with van der Waals surface area (Å²) in [6.45, 7) is 11.3. The van der Waals surface area contributed by atoms with Crippen LogP contribution in [-0.2, 0) is 23.7 Å². The largest absolute Gasteiger partial charge is 0.513 e. The molecule has 1 rings (SSSR count). The number of ether oxygens (including phenoxy) is 6. The van der Waals surface area contributed by atoms with Gasteiger partial charge in [0, 0.05) is 11.8 Å². The molecule has 0 aliphatic rings. The zero-order valence-corrected chi connectivity index (χ0v) is 26.3. The van der Waals surface area contributed by atoms with Crippen LogP contribution in [-0.4, -0.2) is 61.0 Å². The highest BCUT2D eigenvalue weighted by atomic mass is 16.7. The average Bonchev–Trinajstić information content (AvgIpc) is 2.94. The molecule has 0 amide bonds. The van der Waals surface area contributed by atoms with Gasteiger partial charge in [-0.3, -0.25) is 4.79 Å². The van der Waals surface area contributed by atoms with Gasteiger partial charge in [0.1, 0.15) is 18.2 Å². The molecule has 0 radical (unpaired) electrons. The first-order valence-electron chi connectivity index (χ1n) is 15.1. The van der Waals surface area contributed by atoms with Gasteiger partial charge in [0.2, 0.25) is 0 Å². The number of hydrogen-bond donors (Lipinski definition) is 2. The molecule has 12 heteroatoms. The molecule has 4 unspecified atom stereocenters. The topological polar surface area (TPSA) is 170 Å². The van der Waals surface area contributed by atoms with Gasteiger partial charge in [0.25, 0.3) is 0 Å². The molecule has 0 bridgehead atoms. The Morgan fingerprint density at radius 3 is 1.84 bits per heavy atom. The van der Waals surface area contributed by atoms with Crippen LogP contribution in [0.15, 0.2) is 18.2 Å². The number of carbonyl (C=O) groups is 4. The third-order valence-electron chi connectivity index (χ3n) is 6.93. The molecule has 0 aliphatic heterocycles. The Balaban J connectivity index is 3.30. The average molecular weight is 612 g/mol. The second-order valence-electron chi connectivity index (χ2n) is 10.6. The molecule has 0 saturated carbocycles. The van der Waals surface area contributed by atoms with Gasteiger partial charge >= 0.3 is 24.4 Å². The fourth-order valence-electron chi connectivity index (χ4n) is 4.35. The lowest BCUT2D eigenvalue weighted by Gasteiger charge is -2.31. The van der Waals surface area contributed by atoms with Gasteiger partial charge in [-0.25, -0.2) is 14.4 Å². The highest BCUT2D eigenvalue weighted by Crippen LogP contribution is 2.37. The van der Waals surface area contributed by atoms with E-state index in [0.29, 0.717) is 24.8 Å². The number of unbranched alkanes of at least 4 members (excludes halogenated alkanes) is 4. The Labute approximate surface area is 254 Å². The molecule has 244 valence electrons.